The Labute approximate surface area is 165 Å². The van der Waals surface area contributed by atoms with Crippen LogP contribution in [0.25, 0.3) is 0 Å². The molecule has 1 saturated heterocycles. The van der Waals surface area contributed by atoms with Crippen molar-refractivity contribution in [3.8, 4) is 0 Å². The summed E-state index contributed by atoms with van der Waals surface area (Å²) in [5.41, 5.74) is 1.65. The highest BCUT2D eigenvalue weighted by atomic mass is 35.5. The second-order valence-electron chi connectivity index (χ2n) is 6.86. The summed E-state index contributed by atoms with van der Waals surface area (Å²) in [6.07, 6.45) is 4.03. The van der Waals surface area contributed by atoms with Crippen LogP contribution in [-0.2, 0) is 4.79 Å². The molecule has 2 heterocycles. The van der Waals surface area contributed by atoms with Gasteiger partial charge in [0.2, 0.25) is 5.91 Å². The van der Waals surface area contributed by atoms with Gasteiger partial charge in [-0.15, -0.1) is 12.4 Å². The molecule has 1 aliphatic heterocycles. The first-order valence-corrected chi connectivity index (χ1v) is 9.01. The summed E-state index contributed by atoms with van der Waals surface area (Å²) < 4.78 is 1.86. The molecule has 1 aliphatic rings. The molecule has 1 aromatic heterocycles. The Morgan fingerprint density at radius 3 is 2.63 bits per heavy atom. The molecular weight excluding hydrogens is 366 g/mol. The largest absolute Gasteiger partial charge is 0.326 e. The first-order chi connectivity index (χ1) is 12.5. The summed E-state index contributed by atoms with van der Waals surface area (Å²) in [6, 6.07) is 9.12. The lowest BCUT2D eigenvalue weighted by Crippen LogP contribution is -2.32. The Morgan fingerprint density at radius 1 is 1.22 bits per heavy atom. The van der Waals surface area contributed by atoms with Crippen molar-refractivity contribution < 1.29 is 9.59 Å². The average Bonchev–Trinajstić information content (AvgIpc) is 3.13. The van der Waals surface area contributed by atoms with Crippen LogP contribution < -0.4 is 16.0 Å². The molecule has 1 aromatic carbocycles. The van der Waals surface area contributed by atoms with E-state index in [0.29, 0.717) is 23.1 Å². The number of carbonyl (C=O) groups excluding carboxylic acids is 2. The Bertz CT molecular complexity index is 784. The number of benzene rings is 1. The highest BCUT2D eigenvalue weighted by Crippen LogP contribution is 2.18. The summed E-state index contributed by atoms with van der Waals surface area (Å²) in [5.74, 6) is -0.431. The maximum atomic E-state index is 12.5. The van der Waals surface area contributed by atoms with Crippen LogP contribution in [0, 0.1) is 5.92 Å². The fourth-order valence-electron chi connectivity index (χ4n) is 2.88. The van der Waals surface area contributed by atoms with E-state index in [1.165, 1.54) is 0 Å². The molecule has 7 nitrogen and oxygen atoms in total. The van der Waals surface area contributed by atoms with Crippen molar-refractivity contribution in [2.24, 2.45) is 5.92 Å². The second kappa shape index (κ2) is 9.53. The van der Waals surface area contributed by atoms with E-state index in [-0.39, 0.29) is 30.1 Å². The fraction of sp³-hybridized carbons (Fsp3) is 0.421. The zero-order chi connectivity index (χ0) is 18.5. The lowest BCUT2D eigenvalue weighted by molar-refractivity contribution is -0.118. The lowest BCUT2D eigenvalue weighted by Gasteiger charge is -2.22. The van der Waals surface area contributed by atoms with Crippen molar-refractivity contribution in [2.45, 2.75) is 32.7 Å². The standard InChI is InChI=1S/C19H25N5O2.ClH/c1-13(2)18(25)21-14-5-3-6-15(11-14)22-19(26)17-8-10-24(23-17)16-7-4-9-20-12-16;/h3,5-6,8,10-11,13,16,20H,4,7,9,12H2,1-2H3,(H,21,25)(H,22,26);1H. The molecule has 146 valence electrons. The van der Waals surface area contributed by atoms with Gasteiger partial charge in [0.05, 0.1) is 6.04 Å². The summed E-state index contributed by atoms with van der Waals surface area (Å²) in [4.78, 5) is 24.3. The third-order valence-corrected chi connectivity index (χ3v) is 4.40. The summed E-state index contributed by atoms with van der Waals surface area (Å²) in [5, 5.41) is 13.4. The topological polar surface area (TPSA) is 88.0 Å². The van der Waals surface area contributed by atoms with E-state index >= 15 is 0 Å². The van der Waals surface area contributed by atoms with Crippen molar-refractivity contribution in [1.82, 2.24) is 15.1 Å². The van der Waals surface area contributed by atoms with Gasteiger partial charge in [-0.3, -0.25) is 14.3 Å². The molecule has 0 aliphatic carbocycles. The Hall–Kier alpha value is -2.38. The SMILES string of the molecule is CC(C)C(=O)Nc1cccc(NC(=O)c2ccn(C3CCCNC3)n2)c1.Cl. The van der Waals surface area contributed by atoms with Crippen molar-refractivity contribution >= 4 is 35.6 Å². The number of aromatic nitrogens is 2. The monoisotopic (exact) mass is 391 g/mol. The van der Waals surface area contributed by atoms with E-state index in [1.54, 1.807) is 30.3 Å². The Balaban J connectivity index is 0.00000261. The van der Waals surface area contributed by atoms with Crippen molar-refractivity contribution in [3.05, 3.63) is 42.2 Å². The van der Waals surface area contributed by atoms with Gasteiger partial charge in [0.25, 0.3) is 5.91 Å². The number of carbonyl (C=O) groups is 2. The number of rotatable bonds is 5. The first kappa shape index (κ1) is 20.9. The summed E-state index contributed by atoms with van der Waals surface area (Å²) in [7, 11) is 0. The fourth-order valence-corrected chi connectivity index (χ4v) is 2.88. The summed E-state index contributed by atoms with van der Waals surface area (Å²) >= 11 is 0. The molecular formula is C19H26ClN5O2. The normalized spacial score (nSPS) is 16.5. The van der Waals surface area contributed by atoms with Gasteiger partial charge >= 0.3 is 0 Å². The maximum Gasteiger partial charge on any atom is 0.276 e. The van der Waals surface area contributed by atoms with E-state index in [2.05, 4.69) is 21.0 Å². The molecule has 2 aromatic rings. The highest BCUT2D eigenvalue weighted by Gasteiger charge is 2.18. The lowest BCUT2D eigenvalue weighted by atomic mass is 10.1. The third-order valence-electron chi connectivity index (χ3n) is 4.40. The van der Waals surface area contributed by atoms with Crippen LogP contribution in [0.5, 0.6) is 0 Å². The quantitative estimate of drug-likeness (QED) is 0.730. The van der Waals surface area contributed by atoms with Crippen LogP contribution in [0.4, 0.5) is 11.4 Å². The van der Waals surface area contributed by atoms with E-state index < -0.39 is 0 Å². The van der Waals surface area contributed by atoms with Gasteiger partial charge in [-0.1, -0.05) is 19.9 Å². The molecule has 1 fully saturated rings. The maximum absolute atomic E-state index is 12.5. The average molecular weight is 392 g/mol. The number of halogens is 1. The van der Waals surface area contributed by atoms with E-state index in [0.717, 1.165) is 25.9 Å². The number of amides is 2. The van der Waals surface area contributed by atoms with Crippen LogP contribution in [0.1, 0.15) is 43.2 Å². The van der Waals surface area contributed by atoms with Gasteiger partial charge in [0, 0.05) is 30.0 Å². The van der Waals surface area contributed by atoms with Gasteiger partial charge in [0.1, 0.15) is 0 Å². The van der Waals surface area contributed by atoms with Crippen LogP contribution in [0.2, 0.25) is 0 Å². The van der Waals surface area contributed by atoms with Gasteiger partial charge in [-0.2, -0.15) is 5.10 Å². The van der Waals surface area contributed by atoms with E-state index in [9.17, 15) is 9.59 Å². The number of piperidine rings is 1. The van der Waals surface area contributed by atoms with Crippen LogP contribution in [0.15, 0.2) is 36.5 Å². The van der Waals surface area contributed by atoms with Gasteiger partial charge in [-0.05, 0) is 43.7 Å². The van der Waals surface area contributed by atoms with Crippen LogP contribution in [0.3, 0.4) is 0 Å². The summed E-state index contributed by atoms with van der Waals surface area (Å²) in [6.45, 7) is 5.58. The molecule has 0 bridgehead atoms. The minimum Gasteiger partial charge on any atom is -0.326 e. The molecule has 0 radical (unpaired) electrons. The zero-order valence-electron chi connectivity index (χ0n) is 15.6. The molecule has 0 saturated carbocycles. The van der Waals surface area contributed by atoms with E-state index in [4.69, 9.17) is 0 Å². The molecule has 1 atom stereocenters. The molecule has 0 spiro atoms. The number of nitrogens with zero attached hydrogens (tertiary/aromatic N) is 2. The minimum atomic E-state index is -0.264. The Morgan fingerprint density at radius 2 is 1.96 bits per heavy atom. The van der Waals surface area contributed by atoms with Crippen LogP contribution in [-0.4, -0.2) is 34.7 Å². The van der Waals surface area contributed by atoms with Crippen molar-refractivity contribution in [2.75, 3.05) is 23.7 Å². The predicted octanol–water partition coefficient (Wildman–Crippen LogP) is 3.08. The van der Waals surface area contributed by atoms with E-state index in [1.807, 2.05) is 24.7 Å². The number of hydrogen-bond acceptors (Lipinski definition) is 4. The second-order valence-corrected chi connectivity index (χ2v) is 6.86. The molecule has 8 heteroatoms. The Kier molecular flexibility index (Phi) is 7.38. The minimum absolute atomic E-state index is 0. The van der Waals surface area contributed by atoms with Crippen molar-refractivity contribution in [1.29, 1.82) is 0 Å². The van der Waals surface area contributed by atoms with Gasteiger partial charge < -0.3 is 16.0 Å². The number of anilines is 2. The van der Waals surface area contributed by atoms with Crippen molar-refractivity contribution in [3.63, 3.8) is 0 Å². The predicted molar refractivity (Wildman–Crippen MR) is 108 cm³/mol. The molecule has 2 amide bonds. The van der Waals surface area contributed by atoms with Crippen LogP contribution >= 0.6 is 12.4 Å². The van der Waals surface area contributed by atoms with Gasteiger partial charge in [0.15, 0.2) is 5.69 Å². The molecule has 1 unspecified atom stereocenters. The smallest absolute Gasteiger partial charge is 0.276 e. The molecule has 27 heavy (non-hydrogen) atoms. The molecule has 3 rings (SSSR count). The highest BCUT2D eigenvalue weighted by molar-refractivity contribution is 6.03. The molecule has 3 N–H and O–H groups in total. The zero-order valence-corrected chi connectivity index (χ0v) is 16.4. The third kappa shape index (κ3) is 5.55. The van der Waals surface area contributed by atoms with Gasteiger partial charge in [-0.25, -0.2) is 0 Å². The first-order valence-electron chi connectivity index (χ1n) is 9.01. The number of hydrogen-bond donors (Lipinski definition) is 3. The number of nitrogens with one attached hydrogen (secondary N) is 3.